The van der Waals surface area contributed by atoms with Crippen LogP contribution in [-0.2, 0) is 6.54 Å². The monoisotopic (exact) mass is 252 g/mol. The third-order valence-electron chi connectivity index (χ3n) is 3.22. The van der Waals surface area contributed by atoms with E-state index >= 15 is 0 Å². The first kappa shape index (κ1) is 14.9. The molecule has 0 atom stereocenters. The molecule has 0 aliphatic heterocycles. The van der Waals surface area contributed by atoms with Gasteiger partial charge in [-0.2, -0.15) is 5.10 Å². The summed E-state index contributed by atoms with van der Waals surface area (Å²) in [5, 5.41) is 17.6. The highest BCUT2D eigenvalue weighted by Gasteiger charge is 2.15. The van der Waals surface area contributed by atoms with Crippen LogP contribution in [0.3, 0.4) is 0 Å². The van der Waals surface area contributed by atoms with E-state index in [1.54, 1.807) is 0 Å². The number of nitrogens with two attached hydrogens (primary N) is 1. The molecule has 0 saturated carbocycles. The summed E-state index contributed by atoms with van der Waals surface area (Å²) in [6.07, 6.45) is 2.18. The topological polar surface area (TPSA) is 75.3 Å². The minimum Gasteiger partial charge on any atom is -0.395 e. The van der Waals surface area contributed by atoms with Crippen LogP contribution in [0.2, 0.25) is 0 Å². The van der Waals surface area contributed by atoms with Gasteiger partial charge < -0.3 is 15.7 Å². The molecule has 0 radical (unpaired) electrons. The van der Waals surface area contributed by atoms with Crippen LogP contribution in [0.4, 0.5) is 5.82 Å². The van der Waals surface area contributed by atoms with Crippen LogP contribution in [0.25, 0.3) is 0 Å². The zero-order chi connectivity index (χ0) is 13.5. The summed E-state index contributed by atoms with van der Waals surface area (Å²) in [5.74, 6) is 0.822. The molecule has 1 aromatic rings. The summed E-state index contributed by atoms with van der Waals surface area (Å²) >= 11 is 0. The number of unbranched alkanes of at least 4 members (excludes halogenated alkanes) is 1. The second kappa shape index (κ2) is 7.28. The van der Waals surface area contributed by atoms with E-state index in [0.717, 1.165) is 42.0 Å². The first-order valence-electron chi connectivity index (χ1n) is 6.54. The Bertz CT molecular complexity index is 381. The van der Waals surface area contributed by atoms with Crippen molar-refractivity contribution in [3.05, 3.63) is 16.8 Å². The molecule has 1 aromatic heterocycles. The fourth-order valence-corrected chi connectivity index (χ4v) is 1.94. The largest absolute Gasteiger partial charge is 0.395 e. The molecule has 5 heteroatoms. The van der Waals surface area contributed by atoms with Gasteiger partial charge in [0.15, 0.2) is 5.82 Å². The lowest BCUT2D eigenvalue weighted by molar-refractivity contribution is 0.301. The molecule has 0 aliphatic rings. The average molecular weight is 252 g/mol. The molecule has 3 N–H and O–H groups in total. The van der Waals surface area contributed by atoms with Crippen molar-refractivity contribution in [1.29, 1.82) is 0 Å². The molecule has 5 nitrogen and oxygen atoms in total. The highest BCUT2D eigenvalue weighted by molar-refractivity contribution is 5.50. The van der Waals surface area contributed by atoms with E-state index in [4.69, 9.17) is 10.8 Å². The van der Waals surface area contributed by atoms with Gasteiger partial charge in [0.2, 0.25) is 0 Å². The molecule has 18 heavy (non-hydrogen) atoms. The smallest absolute Gasteiger partial charge is 0.156 e. The van der Waals surface area contributed by atoms with Crippen molar-refractivity contribution >= 4 is 5.82 Å². The third kappa shape index (κ3) is 3.40. The SMILES string of the molecule is CCCCN(CCO)c1nnc(C)c(C)c1CN. The Balaban J connectivity index is 3.06. The first-order valence-corrected chi connectivity index (χ1v) is 6.54. The Morgan fingerprint density at radius 1 is 1.22 bits per heavy atom. The zero-order valence-corrected chi connectivity index (χ0v) is 11.6. The molecule has 1 heterocycles. The number of aryl methyl sites for hydroxylation is 1. The highest BCUT2D eigenvalue weighted by Crippen LogP contribution is 2.21. The minimum absolute atomic E-state index is 0.113. The van der Waals surface area contributed by atoms with Gasteiger partial charge in [0.1, 0.15) is 0 Å². The summed E-state index contributed by atoms with van der Waals surface area (Å²) in [6.45, 7) is 8.12. The number of anilines is 1. The molecule has 0 spiro atoms. The van der Waals surface area contributed by atoms with Crippen molar-refractivity contribution in [3.8, 4) is 0 Å². The van der Waals surface area contributed by atoms with Crippen LogP contribution in [0.1, 0.15) is 36.6 Å². The lowest BCUT2D eigenvalue weighted by Gasteiger charge is -2.25. The van der Waals surface area contributed by atoms with Gasteiger partial charge in [-0.3, -0.25) is 0 Å². The second-order valence-corrected chi connectivity index (χ2v) is 4.48. The summed E-state index contributed by atoms with van der Waals surface area (Å²) in [4.78, 5) is 2.07. The molecule has 1 rings (SSSR count). The van der Waals surface area contributed by atoms with Crippen LogP contribution in [0.5, 0.6) is 0 Å². The summed E-state index contributed by atoms with van der Waals surface area (Å²) in [5.41, 5.74) is 8.87. The van der Waals surface area contributed by atoms with E-state index in [2.05, 4.69) is 22.0 Å². The Labute approximate surface area is 109 Å². The molecule has 0 saturated heterocycles. The van der Waals surface area contributed by atoms with Crippen LogP contribution in [-0.4, -0.2) is 35.0 Å². The van der Waals surface area contributed by atoms with Gasteiger partial charge in [-0.15, -0.1) is 5.10 Å². The van der Waals surface area contributed by atoms with Crippen molar-refractivity contribution in [1.82, 2.24) is 10.2 Å². The van der Waals surface area contributed by atoms with Crippen LogP contribution < -0.4 is 10.6 Å². The van der Waals surface area contributed by atoms with Crippen LogP contribution in [0.15, 0.2) is 0 Å². The predicted octanol–water partition coefficient (Wildman–Crippen LogP) is 1.15. The van der Waals surface area contributed by atoms with E-state index in [-0.39, 0.29) is 6.61 Å². The Morgan fingerprint density at radius 3 is 2.50 bits per heavy atom. The summed E-state index contributed by atoms with van der Waals surface area (Å²) in [6, 6.07) is 0. The normalized spacial score (nSPS) is 10.7. The second-order valence-electron chi connectivity index (χ2n) is 4.48. The number of rotatable bonds is 7. The molecule has 0 amide bonds. The summed E-state index contributed by atoms with van der Waals surface area (Å²) in [7, 11) is 0. The number of hydrogen-bond donors (Lipinski definition) is 2. The molecule has 0 aromatic carbocycles. The number of aliphatic hydroxyl groups excluding tert-OH is 1. The Morgan fingerprint density at radius 2 is 1.94 bits per heavy atom. The molecule has 0 fully saturated rings. The van der Waals surface area contributed by atoms with E-state index in [1.165, 1.54) is 0 Å². The maximum Gasteiger partial charge on any atom is 0.156 e. The number of nitrogens with zero attached hydrogens (tertiary/aromatic N) is 3. The third-order valence-corrected chi connectivity index (χ3v) is 3.22. The van der Waals surface area contributed by atoms with Gasteiger partial charge in [-0.1, -0.05) is 13.3 Å². The lowest BCUT2D eigenvalue weighted by atomic mass is 10.1. The molecular formula is C13H24N4O. The molecule has 0 bridgehead atoms. The van der Waals surface area contributed by atoms with E-state index < -0.39 is 0 Å². The van der Waals surface area contributed by atoms with Gasteiger partial charge in [0.05, 0.1) is 12.3 Å². The van der Waals surface area contributed by atoms with Gasteiger partial charge in [-0.25, -0.2) is 0 Å². The molecule has 0 aliphatic carbocycles. The van der Waals surface area contributed by atoms with E-state index in [9.17, 15) is 0 Å². The molecule has 0 unspecified atom stereocenters. The number of hydrogen-bond acceptors (Lipinski definition) is 5. The quantitative estimate of drug-likeness (QED) is 0.761. The number of aliphatic hydroxyl groups is 1. The van der Waals surface area contributed by atoms with Crippen molar-refractivity contribution in [2.75, 3.05) is 24.6 Å². The minimum atomic E-state index is 0.113. The fourth-order valence-electron chi connectivity index (χ4n) is 1.94. The Hall–Kier alpha value is -1.20. The standard InChI is InChI=1S/C13H24N4O/c1-4-5-6-17(7-8-18)13-12(9-14)10(2)11(3)15-16-13/h18H,4-9,14H2,1-3H3. The van der Waals surface area contributed by atoms with Crippen molar-refractivity contribution < 1.29 is 5.11 Å². The fraction of sp³-hybridized carbons (Fsp3) is 0.692. The average Bonchev–Trinajstić information content (AvgIpc) is 2.37. The van der Waals surface area contributed by atoms with Gasteiger partial charge >= 0.3 is 0 Å². The maximum atomic E-state index is 9.16. The van der Waals surface area contributed by atoms with Crippen LogP contribution >= 0.6 is 0 Å². The summed E-state index contributed by atoms with van der Waals surface area (Å²) < 4.78 is 0. The lowest BCUT2D eigenvalue weighted by Crippen LogP contribution is -2.30. The van der Waals surface area contributed by atoms with Gasteiger partial charge in [0.25, 0.3) is 0 Å². The molecule has 102 valence electrons. The number of aromatic nitrogens is 2. The van der Waals surface area contributed by atoms with E-state index in [1.807, 2.05) is 13.8 Å². The van der Waals surface area contributed by atoms with Crippen LogP contribution in [0, 0.1) is 13.8 Å². The van der Waals surface area contributed by atoms with Gasteiger partial charge in [0, 0.05) is 25.2 Å². The zero-order valence-electron chi connectivity index (χ0n) is 11.6. The molecular weight excluding hydrogens is 228 g/mol. The van der Waals surface area contributed by atoms with Crippen molar-refractivity contribution in [3.63, 3.8) is 0 Å². The predicted molar refractivity (Wildman–Crippen MR) is 73.6 cm³/mol. The highest BCUT2D eigenvalue weighted by atomic mass is 16.3. The first-order chi connectivity index (χ1) is 8.65. The Kier molecular flexibility index (Phi) is 6.01. The van der Waals surface area contributed by atoms with E-state index in [0.29, 0.717) is 13.1 Å². The van der Waals surface area contributed by atoms with Crippen molar-refractivity contribution in [2.24, 2.45) is 5.73 Å². The van der Waals surface area contributed by atoms with Crippen molar-refractivity contribution in [2.45, 2.75) is 40.2 Å². The maximum absolute atomic E-state index is 9.16. The van der Waals surface area contributed by atoms with Gasteiger partial charge in [-0.05, 0) is 25.8 Å².